The van der Waals surface area contributed by atoms with Crippen molar-refractivity contribution in [3.05, 3.63) is 94.4 Å². The molecule has 2 aliphatic rings. The Labute approximate surface area is 214 Å². The fourth-order valence-electron chi connectivity index (χ4n) is 5.42. The Hall–Kier alpha value is -2.35. The van der Waals surface area contributed by atoms with E-state index in [4.69, 9.17) is 10.5 Å². The molecule has 0 bridgehead atoms. The Bertz CT molecular complexity index is 1330. The van der Waals surface area contributed by atoms with Crippen LogP contribution in [0.15, 0.2) is 77.0 Å². The van der Waals surface area contributed by atoms with Crippen molar-refractivity contribution in [2.24, 2.45) is 5.73 Å². The number of nitrogens with zero attached hydrogens (tertiary/aromatic N) is 1. The number of fused-ring (bicyclic) bond motifs is 3. The molecule has 2 aliphatic heterocycles. The minimum Gasteiger partial charge on any atom is -0.492 e. The molecule has 1 fully saturated rings. The highest BCUT2D eigenvalue weighted by atomic mass is 32.2. The molecule has 3 aromatic carbocycles. The average molecular weight is 503 g/mol. The maximum Gasteiger partial charge on any atom is 0.143 e. The van der Waals surface area contributed by atoms with Crippen LogP contribution in [0.25, 0.3) is 10.8 Å². The molecule has 0 radical (unpaired) electrons. The summed E-state index contributed by atoms with van der Waals surface area (Å²) in [5, 5.41) is 13.9. The molecule has 3 heterocycles. The van der Waals surface area contributed by atoms with Crippen LogP contribution >= 0.6 is 23.1 Å². The van der Waals surface area contributed by atoms with Gasteiger partial charge in [0.1, 0.15) is 12.0 Å². The van der Waals surface area contributed by atoms with E-state index in [1.807, 2.05) is 11.8 Å². The van der Waals surface area contributed by atoms with Crippen molar-refractivity contribution < 1.29 is 9.84 Å². The Kier molecular flexibility index (Phi) is 6.33. The minimum absolute atomic E-state index is 0.0327. The summed E-state index contributed by atoms with van der Waals surface area (Å²) in [5.74, 6) is 1.93. The molecule has 4 nitrogen and oxygen atoms in total. The van der Waals surface area contributed by atoms with Gasteiger partial charge in [-0.1, -0.05) is 66.7 Å². The molecule has 0 aliphatic carbocycles. The lowest BCUT2D eigenvalue weighted by atomic mass is 9.74. The van der Waals surface area contributed by atoms with E-state index in [2.05, 4.69) is 77.7 Å². The van der Waals surface area contributed by atoms with Crippen molar-refractivity contribution in [1.29, 1.82) is 0 Å². The van der Waals surface area contributed by atoms with Crippen molar-refractivity contribution in [2.75, 3.05) is 19.7 Å². The molecular weight excluding hydrogens is 472 g/mol. The highest BCUT2D eigenvalue weighted by molar-refractivity contribution is 8.00. The predicted molar refractivity (Wildman–Crippen MR) is 145 cm³/mol. The number of likely N-dealkylation sites (tertiary alicyclic amines) is 1. The SMILES string of the molecule is NCc1ccc2c(c1)C1(CCN(C(O)c3sc(SCc4ccccc4)c4ccccc34)CC1)CO2. The average Bonchev–Trinajstić information content (AvgIpc) is 3.46. The van der Waals surface area contributed by atoms with Crippen LogP contribution in [0.4, 0.5) is 0 Å². The zero-order valence-corrected chi connectivity index (χ0v) is 21.3. The van der Waals surface area contributed by atoms with Crippen LogP contribution < -0.4 is 10.5 Å². The largest absolute Gasteiger partial charge is 0.492 e. The van der Waals surface area contributed by atoms with E-state index in [-0.39, 0.29) is 5.41 Å². The Morgan fingerprint density at radius 2 is 1.71 bits per heavy atom. The van der Waals surface area contributed by atoms with Crippen molar-refractivity contribution in [3.8, 4) is 5.75 Å². The molecule has 1 unspecified atom stereocenters. The first-order valence-electron chi connectivity index (χ1n) is 12.2. The number of piperidine rings is 1. The third-order valence-corrected chi connectivity index (χ3v) is 10.1. The molecule has 180 valence electrons. The van der Waals surface area contributed by atoms with Crippen LogP contribution in [0.1, 0.15) is 40.6 Å². The summed E-state index contributed by atoms with van der Waals surface area (Å²) in [6.07, 6.45) is 1.36. The number of rotatable bonds is 6. The number of benzene rings is 3. The smallest absolute Gasteiger partial charge is 0.143 e. The van der Waals surface area contributed by atoms with Crippen LogP contribution in [0.5, 0.6) is 5.75 Å². The summed E-state index contributed by atoms with van der Waals surface area (Å²) in [6, 6.07) is 25.4. The second kappa shape index (κ2) is 9.60. The standard InChI is InChI=1S/C29H30N2O2S2/c30-17-21-10-11-25-24(16-21)29(19-33-25)12-14-31(15-13-29)27(32)26-22-8-4-5-9-23(22)28(35-26)34-18-20-6-2-1-3-7-20/h1-11,16,27,32H,12-15,17-19,30H2. The van der Waals surface area contributed by atoms with Gasteiger partial charge in [-0.25, -0.2) is 0 Å². The molecule has 4 aromatic rings. The second-order valence-electron chi connectivity index (χ2n) is 9.59. The van der Waals surface area contributed by atoms with Crippen LogP contribution in [0.2, 0.25) is 0 Å². The number of hydrogen-bond acceptors (Lipinski definition) is 6. The molecule has 6 rings (SSSR count). The van der Waals surface area contributed by atoms with Gasteiger partial charge in [0.05, 0.1) is 15.7 Å². The number of thiophene rings is 1. The zero-order valence-electron chi connectivity index (χ0n) is 19.7. The lowest BCUT2D eigenvalue weighted by Crippen LogP contribution is -2.44. The number of aliphatic hydroxyl groups excluding tert-OH is 1. The molecule has 1 aromatic heterocycles. The highest BCUT2D eigenvalue weighted by Crippen LogP contribution is 2.48. The van der Waals surface area contributed by atoms with E-state index >= 15 is 0 Å². The third kappa shape index (κ3) is 4.28. The number of hydrogen-bond donors (Lipinski definition) is 2. The molecule has 1 saturated heterocycles. The van der Waals surface area contributed by atoms with Crippen LogP contribution in [0.3, 0.4) is 0 Å². The van der Waals surface area contributed by atoms with Crippen molar-refractivity contribution in [2.45, 2.75) is 41.0 Å². The summed E-state index contributed by atoms with van der Waals surface area (Å²) in [7, 11) is 0. The van der Waals surface area contributed by atoms with Gasteiger partial charge < -0.3 is 15.6 Å². The summed E-state index contributed by atoms with van der Waals surface area (Å²) >= 11 is 3.60. The van der Waals surface area contributed by atoms with Crippen molar-refractivity contribution >= 4 is 33.9 Å². The van der Waals surface area contributed by atoms with Gasteiger partial charge in [0.25, 0.3) is 0 Å². The first-order valence-corrected chi connectivity index (χ1v) is 14.0. The lowest BCUT2D eigenvalue weighted by Gasteiger charge is -2.40. The van der Waals surface area contributed by atoms with Gasteiger partial charge in [-0.2, -0.15) is 0 Å². The topological polar surface area (TPSA) is 58.7 Å². The third-order valence-electron chi connectivity index (χ3n) is 7.52. The fourth-order valence-corrected chi connectivity index (χ4v) is 7.96. The lowest BCUT2D eigenvalue weighted by molar-refractivity contribution is -0.0228. The quantitative estimate of drug-likeness (QED) is 0.314. The first-order chi connectivity index (χ1) is 17.2. The molecule has 0 saturated carbocycles. The molecule has 6 heteroatoms. The van der Waals surface area contributed by atoms with Gasteiger partial charge in [0, 0.05) is 47.1 Å². The molecule has 35 heavy (non-hydrogen) atoms. The fraction of sp³-hybridized carbons (Fsp3) is 0.310. The van der Waals surface area contributed by atoms with E-state index < -0.39 is 6.23 Å². The number of ether oxygens (including phenoxy) is 1. The molecular formula is C29H30N2O2S2. The van der Waals surface area contributed by atoms with Gasteiger partial charge in [-0.3, -0.25) is 4.90 Å². The van der Waals surface area contributed by atoms with E-state index in [1.165, 1.54) is 26.1 Å². The summed E-state index contributed by atoms with van der Waals surface area (Å²) < 4.78 is 7.35. The Balaban J connectivity index is 1.21. The Morgan fingerprint density at radius 3 is 2.49 bits per heavy atom. The van der Waals surface area contributed by atoms with Gasteiger partial charge in [0.15, 0.2) is 0 Å². The zero-order chi connectivity index (χ0) is 23.8. The van der Waals surface area contributed by atoms with Crippen LogP contribution in [-0.4, -0.2) is 29.7 Å². The van der Waals surface area contributed by atoms with Crippen molar-refractivity contribution in [3.63, 3.8) is 0 Å². The summed E-state index contributed by atoms with van der Waals surface area (Å²) in [4.78, 5) is 3.29. The van der Waals surface area contributed by atoms with Gasteiger partial charge in [-0.05, 0) is 30.0 Å². The molecule has 1 spiro atoms. The number of thioether (sulfide) groups is 1. The highest BCUT2D eigenvalue weighted by Gasteiger charge is 2.44. The van der Waals surface area contributed by atoms with E-state index in [0.29, 0.717) is 6.54 Å². The molecule has 0 amide bonds. The molecule has 3 N–H and O–H groups in total. The normalized spacial score (nSPS) is 18.0. The summed E-state index contributed by atoms with van der Waals surface area (Å²) in [5.41, 5.74) is 9.71. The second-order valence-corrected chi connectivity index (χ2v) is 11.9. The van der Waals surface area contributed by atoms with E-state index in [1.54, 1.807) is 11.3 Å². The van der Waals surface area contributed by atoms with Gasteiger partial charge in [0.2, 0.25) is 0 Å². The van der Waals surface area contributed by atoms with Crippen molar-refractivity contribution in [1.82, 2.24) is 4.90 Å². The maximum atomic E-state index is 11.5. The minimum atomic E-state index is -0.592. The number of aliphatic hydroxyl groups is 1. The predicted octanol–water partition coefficient (Wildman–Crippen LogP) is 6.07. The van der Waals surface area contributed by atoms with Crippen LogP contribution in [0, 0.1) is 0 Å². The monoisotopic (exact) mass is 502 g/mol. The van der Waals surface area contributed by atoms with E-state index in [9.17, 15) is 5.11 Å². The first kappa shape index (κ1) is 23.1. The van der Waals surface area contributed by atoms with Crippen LogP contribution in [-0.2, 0) is 17.7 Å². The van der Waals surface area contributed by atoms with Gasteiger partial charge >= 0.3 is 0 Å². The summed E-state index contributed by atoms with van der Waals surface area (Å²) in [6.45, 7) is 2.96. The Morgan fingerprint density at radius 1 is 0.971 bits per heavy atom. The van der Waals surface area contributed by atoms with E-state index in [0.717, 1.165) is 54.5 Å². The molecule has 1 atom stereocenters. The number of nitrogens with two attached hydrogens (primary N) is 1. The maximum absolute atomic E-state index is 11.5. The van der Waals surface area contributed by atoms with Gasteiger partial charge in [-0.15, -0.1) is 23.1 Å².